The monoisotopic (exact) mass is 116 g/mol. The fraction of sp³-hybridized carbons (Fsp3) is 0. The molecule has 0 aliphatic heterocycles. The number of hydrogen-bond acceptors (Lipinski definition) is 1. The summed E-state index contributed by atoms with van der Waals surface area (Å²) in [6, 6.07) is 0. The fourth-order valence-corrected chi connectivity index (χ4v) is 0. The maximum atomic E-state index is 8.70. The van der Waals surface area contributed by atoms with Crippen molar-refractivity contribution in [3.63, 3.8) is 0 Å². The van der Waals surface area contributed by atoms with Gasteiger partial charge in [0.25, 0.3) is 0 Å². The summed E-state index contributed by atoms with van der Waals surface area (Å²) in [5, 5.41) is 0. The van der Waals surface area contributed by atoms with Gasteiger partial charge in [0.05, 0.1) is 0 Å². The van der Waals surface area contributed by atoms with E-state index in [-0.39, 0.29) is 11.3 Å². The first-order valence-electron chi connectivity index (χ1n) is 0.583. The maximum absolute atomic E-state index is 8.70. The van der Waals surface area contributed by atoms with Crippen molar-refractivity contribution in [2.24, 2.45) is 0 Å². The van der Waals surface area contributed by atoms with Crippen molar-refractivity contribution in [1.82, 2.24) is 0 Å². The highest BCUT2D eigenvalue weighted by Gasteiger charge is 1.93. The van der Waals surface area contributed by atoms with Gasteiger partial charge in [0.15, 0.2) is 0 Å². The minimum atomic E-state index is -2.87. The summed E-state index contributed by atoms with van der Waals surface area (Å²) in [5.41, 5.74) is 0. The van der Waals surface area contributed by atoms with Crippen LogP contribution in [-0.4, -0.2) is 9.79 Å². The fourth-order valence-electron chi connectivity index (χ4n) is 0. The van der Waals surface area contributed by atoms with E-state index in [1.165, 1.54) is 0 Å². The van der Waals surface area contributed by atoms with Gasteiger partial charge in [-0.05, 0) is 0 Å². The van der Waals surface area contributed by atoms with Crippen molar-refractivity contribution >= 4 is 18.2 Å². The normalized spacial score (nSPS) is 5.20. The molecule has 0 aliphatic rings. The van der Waals surface area contributed by atoms with Gasteiger partial charge < -0.3 is 0 Å². The average Bonchev–Trinajstić information content (AvgIpc) is 0.811. The summed E-state index contributed by atoms with van der Waals surface area (Å²) >= 11 is 0. The van der Waals surface area contributed by atoms with E-state index in [2.05, 4.69) is 0 Å². The zero-order chi connectivity index (χ0) is 3.58. The Morgan fingerprint density at radius 3 is 1.60 bits per heavy atom. The molecule has 0 saturated carbocycles. The van der Waals surface area contributed by atoms with E-state index in [0.29, 0.717) is 0 Å². The molecule has 2 N–H and O–H groups in total. The van der Waals surface area contributed by atoms with Gasteiger partial charge in [0.1, 0.15) is 0 Å². The van der Waals surface area contributed by atoms with E-state index < -0.39 is 8.25 Å². The van der Waals surface area contributed by atoms with Crippen molar-refractivity contribution in [1.29, 1.82) is 0 Å². The Labute approximate surface area is 35.1 Å². The first-order chi connectivity index (χ1) is 1.73. The summed E-state index contributed by atoms with van der Waals surface area (Å²) in [7, 11) is -2.87. The molecular formula is H6O3P2+2. The van der Waals surface area contributed by atoms with Crippen molar-refractivity contribution in [3.05, 3.63) is 0 Å². The SMILES string of the molecule is O=[P+](O)O.P.[H+]. The molecule has 0 radical (unpaired) electrons. The lowest BCUT2D eigenvalue weighted by Crippen LogP contribution is -1.38. The maximum Gasteiger partial charge on any atom is 1.00 e. The van der Waals surface area contributed by atoms with Crippen molar-refractivity contribution < 1.29 is 15.8 Å². The molecule has 0 amide bonds. The molecular weight excluding hydrogens is 110 g/mol. The summed E-state index contributed by atoms with van der Waals surface area (Å²) < 4.78 is 8.70. The molecule has 32 valence electrons. The first kappa shape index (κ1) is 9.07. The highest BCUT2D eigenvalue weighted by Crippen LogP contribution is 1.98. The molecule has 0 bridgehead atoms. The zero-order valence-corrected chi connectivity index (χ0v) is 4.77. The van der Waals surface area contributed by atoms with Crippen LogP contribution in [0.1, 0.15) is 1.43 Å². The van der Waals surface area contributed by atoms with E-state index in [1.54, 1.807) is 0 Å². The van der Waals surface area contributed by atoms with Crippen molar-refractivity contribution in [2.45, 2.75) is 0 Å². The van der Waals surface area contributed by atoms with E-state index >= 15 is 0 Å². The topological polar surface area (TPSA) is 57.5 Å². The van der Waals surface area contributed by atoms with Gasteiger partial charge in [-0.15, -0.1) is 9.79 Å². The third kappa shape index (κ3) is 132. The zero-order valence-electron chi connectivity index (χ0n) is 3.46. The molecule has 0 spiro atoms. The van der Waals surface area contributed by atoms with Crippen LogP contribution in [0.5, 0.6) is 0 Å². The smallest absolute Gasteiger partial charge is 0.153 e. The molecule has 0 aliphatic carbocycles. The minimum absolute atomic E-state index is 0. The quantitative estimate of drug-likeness (QED) is 0.431. The second kappa shape index (κ2) is 4.45. The Kier molecular flexibility index (Phi) is 8.07. The van der Waals surface area contributed by atoms with Gasteiger partial charge in [-0.3, -0.25) is 0 Å². The Morgan fingerprint density at radius 2 is 1.60 bits per heavy atom. The van der Waals surface area contributed by atoms with Crippen LogP contribution < -0.4 is 0 Å². The van der Waals surface area contributed by atoms with Crippen molar-refractivity contribution in [3.8, 4) is 0 Å². The Balaban J connectivity index is -0.0000000450. The van der Waals surface area contributed by atoms with Crippen LogP contribution in [-0.2, 0) is 4.57 Å². The van der Waals surface area contributed by atoms with Crippen LogP contribution in [0.2, 0.25) is 0 Å². The standard InChI is InChI=1S/HO3P.H3P/c1-4(2)3;/h(H-,1,2,3);1H3/p+2. The molecule has 0 rings (SSSR count). The van der Waals surface area contributed by atoms with E-state index in [0.717, 1.165) is 0 Å². The molecule has 1 atom stereocenters. The molecule has 0 aromatic rings. The highest BCUT2D eigenvalue weighted by molar-refractivity contribution is 7.30. The molecule has 0 fully saturated rings. The molecule has 5 heteroatoms. The minimum Gasteiger partial charge on any atom is -0.153 e. The molecule has 5 heavy (non-hydrogen) atoms. The average molecular weight is 116 g/mol. The Morgan fingerprint density at radius 1 is 1.60 bits per heavy atom. The molecule has 0 aromatic carbocycles. The summed E-state index contributed by atoms with van der Waals surface area (Å²) in [6.07, 6.45) is 0. The van der Waals surface area contributed by atoms with Crippen LogP contribution in [0.4, 0.5) is 0 Å². The van der Waals surface area contributed by atoms with Crippen LogP contribution in [0.3, 0.4) is 0 Å². The lowest BCUT2D eigenvalue weighted by molar-refractivity contribution is 0.405. The largest absolute Gasteiger partial charge is 1.00 e. The molecule has 1 unspecified atom stereocenters. The van der Waals surface area contributed by atoms with Crippen LogP contribution in [0.15, 0.2) is 0 Å². The predicted octanol–water partition coefficient (Wildman–Crippen LogP) is -0.201. The van der Waals surface area contributed by atoms with Gasteiger partial charge in [0, 0.05) is 4.57 Å². The van der Waals surface area contributed by atoms with E-state index in [9.17, 15) is 0 Å². The highest BCUT2D eigenvalue weighted by atomic mass is 31.1. The van der Waals surface area contributed by atoms with Gasteiger partial charge >= 0.3 is 9.68 Å². The van der Waals surface area contributed by atoms with Gasteiger partial charge in [-0.25, -0.2) is 0 Å². The van der Waals surface area contributed by atoms with Crippen LogP contribution >= 0.6 is 18.2 Å². The van der Waals surface area contributed by atoms with Gasteiger partial charge in [-0.1, -0.05) is 0 Å². The first-order valence-corrected chi connectivity index (χ1v) is 1.75. The Bertz CT molecular complexity index is 31.8. The molecule has 0 saturated heterocycles. The van der Waals surface area contributed by atoms with Gasteiger partial charge in [0.2, 0.25) is 0 Å². The molecule has 3 nitrogen and oxygen atoms in total. The molecule has 0 aromatic heterocycles. The third-order valence-corrected chi connectivity index (χ3v) is 0. The number of hydrogen-bond donors (Lipinski definition) is 2. The Hall–Kier alpha value is 0.450. The predicted molar refractivity (Wildman–Crippen MR) is 24.3 cm³/mol. The number of rotatable bonds is 0. The lowest BCUT2D eigenvalue weighted by atomic mass is 15.8. The second-order valence-electron chi connectivity index (χ2n) is 0.253. The van der Waals surface area contributed by atoms with Crippen LogP contribution in [0.25, 0.3) is 0 Å². The summed E-state index contributed by atoms with van der Waals surface area (Å²) in [4.78, 5) is 14.2. The van der Waals surface area contributed by atoms with Crippen LogP contribution in [0, 0.1) is 0 Å². The molecule has 0 heterocycles. The van der Waals surface area contributed by atoms with E-state index in [1.807, 2.05) is 0 Å². The summed E-state index contributed by atoms with van der Waals surface area (Å²) in [6.45, 7) is 0. The van der Waals surface area contributed by atoms with Crippen molar-refractivity contribution in [2.75, 3.05) is 0 Å². The third-order valence-electron chi connectivity index (χ3n) is 0. The van der Waals surface area contributed by atoms with E-state index in [4.69, 9.17) is 14.4 Å². The lowest BCUT2D eigenvalue weighted by Gasteiger charge is -1.34. The second-order valence-corrected chi connectivity index (χ2v) is 0.758. The van der Waals surface area contributed by atoms with Gasteiger partial charge in [-0.2, -0.15) is 9.90 Å². The summed E-state index contributed by atoms with van der Waals surface area (Å²) in [5.74, 6) is 0.